The van der Waals surface area contributed by atoms with Crippen molar-refractivity contribution in [1.82, 2.24) is 5.32 Å². The van der Waals surface area contributed by atoms with E-state index in [4.69, 9.17) is 5.11 Å². The molecule has 126 valence electrons. The van der Waals surface area contributed by atoms with Crippen LogP contribution in [0, 0.1) is 5.92 Å². The van der Waals surface area contributed by atoms with Crippen LogP contribution < -0.4 is 5.32 Å². The van der Waals surface area contributed by atoms with Gasteiger partial charge >= 0.3 is 5.97 Å². The van der Waals surface area contributed by atoms with Gasteiger partial charge in [0, 0.05) is 23.4 Å². The van der Waals surface area contributed by atoms with E-state index in [-0.39, 0.29) is 18.2 Å². The summed E-state index contributed by atoms with van der Waals surface area (Å²) in [6.45, 7) is 0.722. The van der Waals surface area contributed by atoms with E-state index in [1.165, 1.54) is 5.56 Å². The molecule has 5 heteroatoms. The second kappa shape index (κ2) is 9.06. The van der Waals surface area contributed by atoms with Gasteiger partial charge in [-0.05, 0) is 42.9 Å². The maximum atomic E-state index is 12.1. The highest BCUT2D eigenvalue weighted by Gasteiger charge is 2.43. The van der Waals surface area contributed by atoms with Crippen LogP contribution in [0.15, 0.2) is 28.7 Å². The van der Waals surface area contributed by atoms with Crippen molar-refractivity contribution in [2.24, 2.45) is 5.92 Å². The molecule has 0 heterocycles. The van der Waals surface area contributed by atoms with Crippen LogP contribution in [0.25, 0.3) is 0 Å². The van der Waals surface area contributed by atoms with E-state index < -0.39 is 5.97 Å². The van der Waals surface area contributed by atoms with Crippen molar-refractivity contribution < 1.29 is 14.7 Å². The molecule has 1 aliphatic carbocycles. The molecule has 1 aliphatic rings. The zero-order valence-corrected chi connectivity index (χ0v) is 14.8. The van der Waals surface area contributed by atoms with E-state index in [0.29, 0.717) is 5.92 Å². The van der Waals surface area contributed by atoms with E-state index in [1.54, 1.807) is 0 Å². The fourth-order valence-electron chi connectivity index (χ4n) is 2.86. The second-order valence-corrected chi connectivity index (χ2v) is 7.12. The van der Waals surface area contributed by atoms with Crippen LogP contribution in [0.3, 0.4) is 0 Å². The van der Waals surface area contributed by atoms with Gasteiger partial charge in [-0.3, -0.25) is 9.59 Å². The fourth-order valence-corrected chi connectivity index (χ4v) is 3.28. The minimum absolute atomic E-state index is 0.125. The molecular weight excluding hydrogens is 358 g/mol. The average Bonchev–Trinajstić information content (AvgIpc) is 3.30. The first-order valence-corrected chi connectivity index (χ1v) is 9.12. The van der Waals surface area contributed by atoms with Crippen LogP contribution in [0.2, 0.25) is 0 Å². The molecule has 1 aromatic carbocycles. The van der Waals surface area contributed by atoms with Crippen molar-refractivity contribution in [3.63, 3.8) is 0 Å². The minimum atomic E-state index is -0.721. The molecule has 4 nitrogen and oxygen atoms in total. The van der Waals surface area contributed by atoms with Gasteiger partial charge in [-0.1, -0.05) is 47.3 Å². The quantitative estimate of drug-likeness (QED) is 0.599. The van der Waals surface area contributed by atoms with Crippen LogP contribution in [0.1, 0.15) is 56.4 Å². The third kappa shape index (κ3) is 6.34. The number of carboxylic acid groups (broad SMARTS) is 1. The van der Waals surface area contributed by atoms with Gasteiger partial charge < -0.3 is 10.4 Å². The fraction of sp³-hybridized carbons (Fsp3) is 0.556. The van der Waals surface area contributed by atoms with Crippen molar-refractivity contribution >= 4 is 27.8 Å². The predicted octanol–water partition coefficient (Wildman–Crippen LogP) is 4.09. The zero-order chi connectivity index (χ0) is 16.7. The van der Waals surface area contributed by atoms with Gasteiger partial charge in [0.05, 0.1) is 0 Å². The summed E-state index contributed by atoms with van der Waals surface area (Å²) < 4.78 is 1.06. The summed E-state index contributed by atoms with van der Waals surface area (Å²) in [6, 6.07) is 8.18. The van der Waals surface area contributed by atoms with Crippen LogP contribution in [0.5, 0.6) is 0 Å². The molecule has 0 bridgehead atoms. The molecule has 2 atom stereocenters. The second-order valence-electron chi connectivity index (χ2n) is 6.21. The van der Waals surface area contributed by atoms with Crippen molar-refractivity contribution in [1.29, 1.82) is 0 Å². The number of unbranched alkanes of at least 4 members (excludes halogenated alkanes) is 4. The Morgan fingerprint density at radius 1 is 1.17 bits per heavy atom. The molecule has 0 spiro atoms. The summed E-state index contributed by atoms with van der Waals surface area (Å²) in [5, 5.41) is 11.6. The molecule has 2 rings (SSSR count). The lowest BCUT2D eigenvalue weighted by molar-refractivity contribution is -0.137. The number of aliphatic carboxylic acids is 1. The Morgan fingerprint density at radius 3 is 2.65 bits per heavy atom. The highest BCUT2D eigenvalue weighted by molar-refractivity contribution is 9.10. The number of rotatable bonds is 10. The maximum absolute atomic E-state index is 12.1. The molecule has 0 radical (unpaired) electrons. The first-order chi connectivity index (χ1) is 11.1. The molecule has 1 fully saturated rings. The van der Waals surface area contributed by atoms with Crippen LogP contribution >= 0.6 is 15.9 Å². The first kappa shape index (κ1) is 18.0. The standard InChI is InChI=1S/C18H24BrNO3/c19-14-8-6-7-13(11-14)15-12-16(15)18(23)20-10-5-3-1-2-4-9-17(21)22/h6-8,11,15-16H,1-5,9-10,12H2,(H,20,23)(H,21,22). The van der Waals surface area contributed by atoms with Gasteiger partial charge in [0.2, 0.25) is 5.91 Å². The molecule has 1 aromatic rings. The third-order valence-electron chi connectivity index (χ3n) is 4.27. The SMILES string of the molecule is O=C(O)CCCCCCCNC(=O)C1CC1c1cccc(Br)c1. The number of nitrogens with one attached hydrogen (secondary N) is 1. The number of carbonyl (C=O) groups is 2. The van der Waals surface area contributed by atoms with E-state index >= 15 is 0 Å². The maximum Gasteiger partial charge on any atom is 0.303 e. The van der Waals surface area contributed by atoms with Crippen molar-refractivity contribution in [3.05, 3.63) is 34.3 Å². The lowest BCUT2D eigenvalue weighted by Gasteiger charge is -2.05. The Kier molecular flexibility index (Phi) is 7.09. The van der Waals surface area contributed by atoms with Gasteiger partial charge in [0.25, 0.3) is 0 Å². The number of hydrogen-bond donors (Lipinski definition) is 2. The molecule has 2 N–H and O–H groups in total. The van der Waals surface area contributed by atoms with E-state index in [2.05, 4.69) is 33.4 Å². The smallest absolute Gasteiger partial charge is 0.303 e. The predicted molar refractivity (Wildman–Crippen MR) is 93.3 cm³/mol. The van der Waals surface area contributed by atoms with Gasteiger partial charge in [0.1, 0.15) is 0 Å². The largest absolute Gasteiger partial charge is 0.481 e. The molecule has 0 saturated heterocycles. The van der Waals surface area contributed by atoms with E-state index in [1.807, 2.05) is 12.1 Å². The molecular formula is C18H24BrNO3. The van der Waals surface area contributed by atoms with Gasteiger partial charge in [-0.15, -0.1) is 0 Å². The lowest BCUT2D eigenvalue weighted by atomic mass is 10.1. The Balaban J connectivity index is 1.54. The summed E-state index contributed by atoms with van der Waals surface area (Å²) in [7, 11) is 0. The number of halogens is 1. The summed E-state index contributed by atoms with van der Waals surface area (Å²) in [5.74, 6) is -0.0639. The molecule has 23 heavy (non-hydrogen) atoms. The van der Waals surface area contributed by atoms with Crippen LogP contribution in [-0.2, 0) is 9.59 Å². The van der Waals surface area contributed by atoms with Gasteiger partial charge in [-0.2, -0.15) is 0 Å². The third-order valence-corrected chi connectivity index (χ3v) is 4.76. The monoisotopic (exact) mass is 381 g/mol. The average molecular weight is 382 g/mol. The van der Waals surface area contributed by atoms with Crippen molar-refractivity contribution in [2.45, 2.75) is 50.9 Å². The van der Waals surface area contributed by atoms with Crippen LogP contribution in [0.4, 0.5) is 0 Å². The van der Waals surface area contributed by atoms with Crippen molar-refractivity contribution in [2.75, 3.05) is 6.54 Å². The highest BCUT2D eigenvalue weighted by atomic mass is 79.9. The Hall–Kier alpha value is -1.36. The molecule has 1 amide bonds. The topological polar surface area (TPSA) is 66.4 Å². The highest BCUT2D eigenvalue weighted by Crippen LogP contribution is 2.47. The summed E-state index contributed by atoms with van der Waals surface area (Å²) in [6.07, 6.45) is 5.94. The number of hydrogen-bond acceptors (Lipinski definition) is 2. The Morgan fingerprint density at radius 2 is 1.91 bits per heavy atom. The van der Waals surface area contributed by atoms with E-state index in [0.717, 1.165) is 49.5 Å². The minimum Gasteiger partial charge on any atom is -0.481 e. The van der Waals surface area contributed by atoms with Gasteiger partial charge in [-0.25, -0.2) is 0 Å². The van der Waals surface area contributed by atoms with Gasteiger partial charge in [0.15, 0.2) is 0 Å². The van der Waals surface area contributed by atoms with Crippen molar-refractivity contribution in [3.8, 4) is 0 Å². The number of benzene rings is 1. The summed E-state index contributed by atoms with van der Waals surface area (Å²) in [4.78, 5) is 22.5. The first-order valence-electron chi connectivity index (χ1n) is 8.33. The lowest BCUT2D eigenvalue weighted by Crippen LogP contribution is -2.26. The number of carboxylic acids is 1. The van der Waals surface area contributed by atoms with E-state index in [9.17, 15) is 9.59 Å². The molecule has 1 saturated carbocycles. The number of carbonyl (C=O) groups excluding carboxylic acids is 1. The zero-order valence-electron chi connectivity index (χ0n) is 13.3. The normalized spacial score (nSPS) is 19.3. The summed E-state index contributed by atoms with van der Waals surface area (Å²) >= 11 is 3.47. The number of amides is 1. The molecule has 2 unspecified atom stereocenters. The van der Waals surface area contributed by atoms with Crippen LogP contribution in [-0.4, -0.2) is 23.5 Å². The Labute approximate surface area is 145 Å². The molecule has 0 aliphatic heterocycles. The summed E-state index contributed by atoms with van der Waals surface area (Å²) in [5.41, 5.74) is 1.23. The Bertz CT molecular complexity index is 547. The molecule has 0 aromatic heterocycles.